The third-order valence-corrected chi connectivity index (χ3v) is 3.54. The Morgan fingerprint density at radius 1 is 1.50 bits per heavy atom. The molecule has 1 aromatic carbocycles. The van der Waals surface area contributed by atoms with Crippen LogP contribution in [0.3, 0.4) is 0 Å². The van der Waals surface area contributed by atoms with Crippen molar-refractivity contribution in [2.24, 2.45) is 0 Å². The summed E-state index contributed by atoms with van der Waals surface area (Å²) in [6.07, 6.45) is 1.55. The van der Waals surface area contributed by atoms with E-state index in [0.717, 1.165) is 5.56 Å². The second-order valence-electron chi connectivity index (χ2n) is 4.35. The van der Waals surface area contributed by atoms with Crippen LogP contribution in [0.2, 0.25) is 0 Å². The molecule has 6 heteroatoms. The summed E-state index contributed by atoms with van der Waals surface area (Å²) in [6, 6.07) is 4.17. The van der Waals surface area contributed by atoms with Crippen molar-refractivity contribution in [1.82, 2.24) is 9.78 Å². The summed E-state index contributed by atoms with van der Waals surface area (Å²) in [7, 11) is 1.58. The van der Waals surface area contributed by atoms with Gasteiger partial charge in [0.25, 0.3) is 0 Å². The first-order valence-corrected chi connectivity index (χ1v) is 6.85. The number of ketones is 1. The molecule has 0 aliphatic carbocycles. The van der Waals surface area contributed by atoms with Gasteiger partial charge in [0.2, 0.25) is 5.78 Å². The van der Waals surface area contributed by atoms with E-state index in [2.05, 4.69) is 21.0 Å². The van der Waals surface area contributed by atoms with Crippen molar-refractivity contribution in [3.05, 3.63) is 51.5 Å². The van der Waals surface area contributed by atoms with Gasteiger partial charge >= 0.3 is 0 Å². The van der Waals surface area contributed by atoms with Crippen LogP contribution in [0.1, 0.15) is 21.6 Å². The van der Waals surface area contributed by atoms with Crippen LogP contribution < -0.4 is 0 Å². The number of rotatable bonds is 5. The number of carbonyl (C=O) groups excluding carboxylic acids is 1. The van der Waals surface area contributed by atoms with Crippen molar-refractivity contribution >= 4 is 21.7 Å². The van der Waals surface area contributed by atoms with Crippen LogP contribution in [0.4, 0.5) is 4.39 Å². The fourth-order valence-electron chi connectivity index (χ4n) is 1.90. The quantitative estimate of drug-likeness (QED) is 0.786. The minimum Gasteiger partial charge on any atom is -0.383 e. The molecular weight excluding hydrogens is 327 g/mol. The molecule has 0 unspecified atom stereocenters. The second-order valence-corrected chi connectivity index (χ2v) is 5.20. The lowest BCUT2D eigenvalue weighted by Crippen LogP contribution is -2.15. The number of nitrogens with zero attached hydrogens (tertiary/aromatic N) is 2. The molecule has 1 aromatic heterocycles. The number of aromatic nitrogens is 2. The van der Waals surface area contributed by atoms with E-state index in [0.29, 0.717) is 28.9 Å². The first-order valence-electron chi connectivity index (χ1n) is 6.05. The molecule has 0 spiro atoms. The minimum absolute atomic E-state index is 0.262. The van der Waals surface area contributed by atoms with Crippen molar-refractivity contribution < 1.29 is 13.9 Å². The molecule has 2 aromatic rings. The van der Waals surface area contributed by atoms with Crippen molar-refractivity contribution in [2.45, 2.75) is 13.5 Å². The second kappa shape index (κ2) is 6.28. The van der Waals surface area contributed by atoms with Gasteiger partial charge in [-0.25, -0.2) is 4.39 Å². The van der Waals surface area contributed by atoms with Crippen LogP contribution in [0.25, 0.3) is 0 Å². The summed E-state index contributed by atoms with van der Waals surface area (Å²) < 4.78 is 20.5. The summed E-state index contributed by atoms with van der Waals surface area (Å²) in [5, 5.41) is 4.13. The Labute approximate surface area is 124 Å². The number of hydrogen-bond acceptors (Lipinski definition) is 3. The van der Waals surface area contributed by atoms with Crippen LogP contribution in [0.15, 0.2) is 28.9 Å². The van der Waals surface area contributed by atoms with Crippen molar-refractivity contribution in [3.8, 4) is 0 Å². The summed E-state index contributed by atoms with van der Waals surface area (Å²) in [5.74, 6) is -0.694. The highest BCUT2D eigenvalue weighted by atomic mass is 79.9. The highest BCUT2D eigenvalue weighted by molar-refractivity contribution is 9.10. The number of carbonyl (C=O) groups is 1. The number of hydrogen-bond donors (Lipinski definition) is 0. The zero-order valence-electron chi connectivity index (χ0n) is 11.2. The van der Waals surface area contributed by atoms with Gasteiger partial charge in [0.05, 0.1) is 23.8 Å². The maximum atomic E-state index is 13.3. The number of benzene rings is 1. The van der Waals surface area contributed by atoms with Gasteiger partial charge in [0, 0.05) is 12.7 Å². The topological polar surface area (TPSA) is 44.1 Å². The van der Waals surface area contributed by atoms with Gasteiger partial charge in [0.1, 0.15) is 11.5 Å². The molecule has 1 heterocycles. The lowest BCUT2D eigenvalue weighted by atomic mass is 10.0. The highest BCUT2D eigenvalue weighted by Gasteiger charge is 2.20. The Morgan fingerprint density at radius 3 is 2.95 bits per heavy atom. The lowest BCUT2D eigenvalue weighted by molar-refractivity contribution is 0.102. The maximum Gasteiger partial charge on any atom is 0.212 e. The molecule has 0 aliphatic heterocycles. The standard InChI is InChI=1S/C14H14BrFN2O2/c1-9-3-4-10(16)7-11(9)14(19)13-12(15)8-17-18(13)5-6-20-2/h3-4,7-8H,5-6H2,1-2H3. The SMILES string of the molecule is COCCn1ncc(Br)c1C(=O)c1cc(F)ccc1C. The summed E-state index contributed by atoms with van der Waals surface area (Å²) >= 11 is 3.31. The van der Waals surface area contributed by atoms with Crippen molar-refractivity contribution in [2.75, 3.05) is 13.7 Å². The molecule has 0 atom stereocenters. The Bertz CT molecular complexity index is 640. The Hall–Kier alpha value is -1.53. The average Bonchev–Trinajstić information content (AvgIpc) is 2.79. The zero-order valence-corrected chi connectivity index (χ0v) is 12.8. The monoisotopic (exact) mass is 340 g/mol. The van der Waals surface area contributed by atoms with E-state index in [1.54, 1.807) is 31.0 Å². The van der Waals surface area contributed by atoms with Gasteiger partial charge in [-0.05, 0) is 40.5 Å². The van der Waals surface area contributed by atoms with E-state index in [9.17, 15) is 9.18 Å². The Kier molecular flexibility index (Phi) is 4.67. The van der Waals surface area contributed by atoms with E-state index in [1.165, 1.54) is 12.1 Å². The minimum atomic E-state index is -0.432. The first-order chi connectivity index (χ1) is 9.54. The highest BCUT2D eigenvalue weighted by Crippen LogP contribution is 2.22. The fraction of sp³-hybridized carbons (Fsp3) is 0.286. The molecule has 2 rings (SSSR count). The lowest BCUT2D eigenvalue weighted by Gasteiger charge is -2.09. The Morgan fingerprint density at radius 2 is 2.25 bits per heavy atom. The summed E-state index contributed by atoms with van der Waals surface area (Å²) in [5.41, 5.74) is 1.46. The molecule has 0 amide bonds. The smallest absolute Gasteiger partial charge is 0.212 e. The molecule has 106 valence electrons. The largest absolute Gasteiger partial charge is 0.383 e. The van der Waals surface area contributed by atoms with Gasteiger partial charge in [-0.3, -0.25) is 9.48 Å². The van der Waals surface area contributed by atoms with E-state index in [-0.39, 0.29) is 5.78 Å². The van der Waals surface area contributed by atoms with Gasteiger partial charge in [-0.15, -0.1) is 0 Å². The summed E-state index contributed by atoms with van der Waals surface area (Å²) in [4.78, 5) is 12.6. The van der Waals surface area contributed by atoms with Gasteiger partial charge < -0.3 is 4.74 Å². The molecular formula is C14H14BrFN2O2. The molecule has 0 fully saturated rings. The normalized spacial score (nSPS) is 10.8. The van der Waals surface area contributed by atoms with E-state index >= 15 is 0 Å². The van der Waals surface area contributed by atoms with Crippen molar-refractivity contribution in [1.29, 1.82) is 0 Å². The maximum absolute atomic E-state index is 13.3. The predicted octanol–water partition coefficient (Wildman–Crippen LogP) is 2.97. The van der Waals surface area contributed by atoms with Crippen LogP contribution in [0, 0.1) is 12.7 Å². The third kappa shape index (κ3) is 2.96. The van der Waals surface area contributed by atoms with Gasteiger partial charge in [-0.2, -0.15) is 5.10 Å². The van der Waals surface area contributed by atoms with Crippen LogP contribution in [-0.2, 0) is 11.3 Å². The van der Waals surface area contributed by atoms with Gasteiger partial charge in [0.15, 0.2) is 0 Å². The zero-order chi connectivity index (χ0) is 14.7. The van der Waals surface area contributed by atoms with E-state index in [4.69, 9.17) is 4.74 Å². The number of halogens is 2. The van der Waals surface area contributed by atoms with E-state index < -0.39 is 5.82 Å². The predicted molar refractivity (Wildman–Crippen MR) is 76.4 cm³/mol. The number of methoxy groups -OCH3 is 1. The van der Waals surface area contributed by atoms with Crippen LogP contribution >= 0.6 is 15.9 Å². The Balaban J connectivity index is 2.42. The number of ether oxygens (including phenoxy) is 1. The molecule has 0 bridgehead atoms. The molecule has 0 N–H and O–H groups in total. The molecule has 0 saturated carbocycles. The number of aryl methyl sites for hydroxylation is 1. The fourth-order valence-corrected chi connectivity index (χ4v) is 2.38. The molecule has 0 aliphatic rings. The van der Waals surface area contributed by atoms with Crippen molar-refractivity contribution in [3.63, 3.8) is 0 Å². The summed E-state index contributed by atoms with van der Waals surface area (Å²) in [6.45, 7) is 2.67. The molecule has 4 nitrogen and oxygen atoms in total. The first kappa shape index (κ1) is 14.9. The van der Waals surface area contributed by atoms with Gasteiger partial charge in [-0.1, -0.05) is 6.07 Å². The molecule has 0 saturated heterocycles. The van der Waals surface area contributed by atoms with Crippen LogP contribution in [0.5, 0.6) is 0 Å². The third-order valence-electron chi connectivity index (χ3n) is 2.96. The average molecular weight is 341 g/mol. The molecule has 0 radical (unpaired) electrons. The molecule has 20 heavy (non-hydrogen) atoms. The van der Waals surface area contributed by atoms with E-state index in [1.807, 2.05) is 0 Å². The van der Waals surface area contributed by atoms with Crippen LogP contribution in [-0.4, -0.2) is 29.3 Å².